The molecule has 0 aliphatic carbocycles. The minimum absolute atomic E-state index is 0.300. The van der Waals surface area contributed by atoms with Crippen molar-refractivity contribution in [3.8, 4) is 0 Å². The quantitative estimate of drug-likeness (QED) is 0.224. The van der Waals surface area contributed by atoms with E-state index in [0.717, 1.165) is 0 Å². The smallest absolute Gasteiger partial charge is 0.337 e. The minimum Gasteiger partial charge on any atom is -0.465 e. The maximum Gasteiger partial charge on any atom is 0.337 e. The Morgan fingerprint density at radius 2 is 1.83 bits per heavy atom. The molecule has 8 nitrogen and oxygen atoms in total. The van der Waals surface area contributed by atoms with Crippen LogP contribution in [-0.2, 0) is 19.1 Å². The molecule has 1 aromatic rings. The molecule has 1 rings (SSSR count). The molecule has 8 heteroatoms. The first-order chi connectivity index (χ1) is 11.6. The van der Waals surface area contributed by atoms with Gasteiger partial charge in [-0.25, -0.2) is 10.2 Å². The monoisotopic (exact) mass is 335 g/mol. The summed E-state index contributed by atoms with van der Waals surface area (Å²) in [5, 5.41) is 6.36. The molecule has 0 fully saturated rings. The summed E-state index contributed by atoms with van der Waals surface area (Å²) in [6.45, 7) is 1.00. The number of nitrogens with zero attached hydrogens (tertiary/aromatic N) is 1. The van der Waals surface area contributed by atoms with Crippen LogP contribution in [0.2, 0.25) is 0 Å². The van der Waals surface area contributed by atoms with E-state index in [0.29, 0.717) is 30.7 Å². The zero-order valence-electron chi connectivity index (χ0n) is 13.7. The molecule has 130 valence electrons. The number of rotatable bonds is 9. The highest BCUT2D eigenvalue weighted by Crippen LogP contribution is 2.03. The lowest BCUT2D eigenvalue weighted by Crippen LogP contribution is -2.30. The molecule has 0 radical (unpaired) electrons. The van der Waals surface area contributed by atoms with Crippen LogP contribution in [0.4, 0.5) is 0 Å². The summed E-state index contributed by atoms with van der Waals surface area (Å²) < 4.78 is 9.44. The molecular formula is C16H21N3O5. The average molecular weight is 335 g/mol. The standard InChI is InChI=1S/C16H21N3O5/c1-23-9-3-8-17-14(20)10-15(21)19-18-11-12-4-6-13(7-5-12)16(22)24-2/h4-7,11H,3,8-10H2,1-2H3,(H,17,20)(H,19,21). The van der Waals surface area contributed by atoms with Crippen LogP contribution in [0.5, 0.6) is 0 Å². The lowest BCUT2D eigenvalue weighted by molar-refractivity contribution is -0.129. The van der Waals surface area contributed by atoms with E-state index in [4.69, 9.17) is 4.74 Å². The maximum atomic E-state index is 11.5. The highest BCUT2D eigenvalue weighted by Gasteiger charge is 2.07. The Hall–Kier alpha value is -2.74. The average Bonchev–Trinajstić information content (AvgIpc) is 2.58. The largest absolute Gasteiger partial charge is 0.465 e. The van der Waals surface area contributed by atoms with E-state index in [1.54, 1.807) is 31.4 Å². The first-order valence-corrected chi connectivity index (χ1v) is 7.32. The third kappa shape index (κ3) is 7.50. The highest BCUT2D eigenvalue weighted by atomic mass is 16.5. The predicted octanol–water partition coefficient (Wildman–Crippen LogP) is 0.466. The van der Waals surface area contributed by atoms with Crippen molar-refractivity contribution in [1.29, 1.82) is 0 Å². The van der Waals surface area contributed by atoms with E-state index in [1.165, 1.54) is 13.3 Å². The fraction of sp³-hybridized carbons (Fsp3) is 0.375. The van der Waals surface area contributed by atoms with E-state index < -0.39 is 11.9 Å². The number of nitrogens with one attached hydrogen (secondary N) is 2. The lowest BCUT2D eigenvalue weighted by Gasteiger charge is -2.04. The van der Waals surface area contributed by atoms with Crippen molar-refractivity contribution in [3.63, 3.8) is 0 Å². The van der Waals surface area contributed by atoms with Crippen LogP contribution in [0, 0.1) is 0 Å². The van der Waals surface area contributed by atoms with Crippen molar-refractivity contribution in [2.24, 2.45) is 5.10 Å². The topological polar surface area (TPSA) is 106 Å². The molecule has 0 heterocycles. The Kier molecular flexibility index (Phi) is 8.77. The third-order valence-corrected chi connectivity index (χ3v) is 2.90. The fourth-order valence-electron chi connectivity index (χ4n) is 1.69. The van der Waals surface area contributed by atoms with Gasteiger partial charge in [-0.2, -0.15) is 5.10 Å². The molecule has 0 atom stereocenters. The molecule has 0 bridgehead atoms. The molecule has 24 heavy (non-hydrogen) atoms. The number of hydrazone groups is 1. The van der Waals surface area contributed by atoms with E-state index in [9.17, 15) is 14.4 Å². The summed E-state index contributed by atoms with van der Waals surface area (Å²) in [5.41, 5.74) is 3.37. The molecule has 0 saturated carbocycles. The lowest BCUT2D eigenvalue weighted by atomic mass is 10.1. The van der Waals surface area contributed by atoms with Crippen LogP contribution in [0.15, 0.2) is 29.4 Å². The van der Waals surface area contributed by atoms with Gasteiger partial charge in [0, 0.05) is 20.3 Å². The number of ether oxygens (including phenoxy) is 2. The number of carbonyl (C=O) groups is 3. The Morgan fingerprint density at radius 3 is 2.46 bits per heavy atom. The van der Waals surface area contributed by atoms with E-state index in [1.807, 2.05) is 0 Å². The number of carbonyl (C=O) groups excluding carboxylic acids is 3. The van der Waals surface area contributed by atoms with Gasteiger partial charge in [-0.1, -0.05) is 12.1 Å². The minimum atomic E-state index is -0.512. The second-order valence-electron chi connectivity index (χ2n) is 4.78. The van der Waals surface area contributed by atoms with E-state index >= 15 is 0 Å². The number of methoxy groups -OCH3 is 2. The molecule has 1 aromatic carbocycles. The summed E-state index contributed by atoms with van der Waals surface area (Å²) in [6, 6.07) is 6.49. The molecule has 2 N–H and O–H groups in total. The van der Waals surface area contributed by atoms with Gasteiger partial charge < -0.3 is 14.8 Å². The van der Waals surface area contributed by atoms with Gasteiger partial charge in [-0.05, 0) is 24.1 Å². The number of benzene rings is 1. The first kappa shape index (κ1) is 19.3. The van der Waals surface area contributed by atoms with Gasteiger partial charge in [0.25, 0.3) is 0 Å². The number of hydrogen-bond donors (Lipinski definition) is 2. The Bertz CT molecular complexity index is 584. The number of esters is 1. The van der Waals surface area contributed by atoms with Crippen molar-refractivity contribution < 1.29 is 23.9 Å². The van der Waals surface area contributed by atoms with Crippen LogP contribution in [0.1, 0.15) is 28.8 Å². The summed E-state index contributed by atoms with van der Waals surface area (Å²) in [6.07, 6.45) is 1.80. The molecule has 2 amide bonds. The van der Waals surface area contributed by atoms with Gasteiger partial charge in [-0.3, -0.25) is 9.59 Å². The predicted molar refractivity (Wildman–Crippen MR) is 87.6 cm³/mol. The number of amides is 2. The second kappa shape index (κ2) is 10.9. The van der Waals surface area contributed by atoms with Gasteiger partial charge in [-0.15, -0.1) is 0 Å². The summed E-state index contributed by atoms with van der Waals surface area (Å²) >= 11 is 0. The van der Waals surface area contributed by atoms with Crippen molar-refractivity contribution in [2.45, 2.75) is 12.8 Å². The molecule has 0 saturated heterocycles. The van der Waals surface area contributed by atoms with Crippen LogP contribution in [0.3, 0.4) is 0 Å². The van der Waals surface area contributed by atoms with Gasteiger partial charge in [0.05, 0.1) is 18.9 Å². The zero-order valence-corrected chi connectivity index (χ0v) is 13.7. The van der Waals surface area contributed by atoms with Crippen molar-refractivity contribution in [1.82, 2.24) is 10.7 Å². The summed E-state index contributed by atoms with van der Waals surface area (Å²) in [5.74, 6) is -1.31. The molecular weight excluding hydrogens is 314 g/mol. The van der Waals surface area contributed by atoms with Gasteiger partial charge in [0.15, 0.2) is 0 Å². The third-order valence-electron chi connectivity index (χ3n) is 2.90. The zero-order chi connectivity index (χ0) is 17.8. The van der Waals surface area contributed by atoms with Gasteiger partial charge in [0.2, 0.25) is 11.8 Å². The molecule has 0 aliphatic rings. The van der Waals surface area contributed by atoms with Crippen molar-refractivity contribution >= 4 is 24.0 Å². The normalized spacial score (nSPS) is 10.4. The van der Waals surface area contributed by atoms with Crippen LogP contribution >= 0.6 is 0 Å². The van der Waals surface area contributed by atoms with Crippen molar-refractivity contribution in [3.05, 3.63) is 35.4 Å². The maximum absolute atomic E-state index is 11.5. The highest BCUT2D eigenvalue weighted by molar-refractivity contribution is 5.97. The summed E-state index contributed by atoms with van der Waals surface area (Å²) in [7, 11) is 2.89. The van der Waals surface area contributed by atoms with Gasteiger partial charge >= 0.3 is 5.97 Å². The van der Waals surface area contributed by atoms with Crippen molar-refractivity contribution in [2.75, 3.05) is 27.4 Å². The van der Waals surface area contributed by atoms with Crippen LogP contribution in [-0.4, -0.2) is 51.4 Å². The first-order valence-electron chi connectivity index (χ1n) is 7.32. The fourth-order valence-corrected chi connectivity index (χ4v) is 1.69. The van der Waals surface area contributed by atoms with E-state index in [2.05, 4.69) is 20.6 Å². The second-order valence-corrected chi connectivity index (χ2v) is 4.78. The van der Waals surface area contributed by atoms with Crippen LogP contribution < -0.4 is 10.7 Å². The number of hydrogen-bond acceptors (Lipinski definition) is 6. The summed E-state index contributed by atoms with van der Waals surface area (Å²) in [4.78, 5) is 34.3. The molecule has 0 spiro atoms. The molecule has 0 aliphatic heterocycles. The van der Waals surface area contributed by atoms with Gasteiger partial charge in [0.1, 0.15) is 6.42 Å². The Labute approximate surface area is 140 Å². The molecule has 0 aromatic heterocycles. The van der Waals surface area contributed by atoms with E-state index in [-0.39, 0.29) is 12.3 Å². The SMILES string of the molecule is COCCCNC(=O)CC(=O)NN=Cc1ccc(C(=O)OC)cc1. The Morgan fingerprint density at radius 1 is 1.12 bits per heavy atom. The molecule has 0 unspecified atom stereocenters. The van der Waals surface area contributed by atoms with Crippen LogP contribution in [0.25, 0.3) is 0 Å². The Balaban J connectivity index is 2.34.